The van der Waals surface area contributed by atoms with Crippen LogP contribution in [0.4, 0.5) is 5.69 Å². The van der Waals surface area contributed by atoms with E-state index in [0.717, 1.165) is 32.0 Å². The average Bonchev–Trinajstić information content (AvgIpc) is 2.34. The van der Waals surface area contributed by atoms with Crippen LogP contribution in [0.3, 0.4) is 0 Å². The molecule has 1 aromatic rings. The minimum Gasteiger partial charge on any atom is -0.370 e. The predicted octanol–water partition coefficient (Wildman–Crippen LogP) is 1.98. The van der Waals surface area contributed by atoms with Gasteiger partial charge in [-0.2, -0.15) is 0 Å². The van der Waals surface area contributed by atoms with Crippen LogP contribution < -0.4 is 4.90 Å². The second-order valence-corrected chi connectivity index (χ2v) is 10.5. The van der Waals surface area contributed by atoms with Gasteiger partial charge in [-0.25, -0.2) is 16.8 Å². The van der Waals surface area contributed by atoms with Crippen molar-refractivity contribution in [3.8, 4) is 0 Å². The maximum atomic E-state index is 12.1. The smallest absolute Gasteiger partial charge is 0.177 e. The quantitative estimate of drug-likeness (QED) is 0.837. The summed E-state index contributed by atoms with van der Waals surface area (Å²) in [4.78, 5) is 2.19. The molecule has 5 nitrogen and oxygen atoms in total. The predicted molar refractivity (Wildman–Crippen MR) is 87.8 cm³/mol. The SMILES string of the molecule is CC1CC(C)CN(c2ccc(S(C)(=O)=O)cc2S(C)(=O)=O)C1. The van der Waals surface area contributed by atoms with E-state index in [4.69, 9.17) is 0 Å². The first kappa shape index (κ1) is 17.3. The van der Waals surface area contributed by atoms with Crippen LogP contribution in [0.1, 0.15) is 20.3 Å². The summed E-state index contributed by atoms with van der Waals surface area (Å²) in [5, 5.41) is 0. The molecule has 0 N–H and O–H groups in total. The van der Waals surface area contributed by atoms with Gasteiger partial charge < -0.3 is 4.90 Å². The molecule has 0 aliphatic carbocycles. The van der Waals surface area contributed by atoms with E-state index in [1.165, 1.54) is 12.1 Å². The topological polar surface area (TPSA) is 71.5 Å². The minimum absolute atomic E-state index is 0.0368. The van der Waals surface area contributed by atoms with E-state index in [9.17, 15) is 16.8 Å². The Morgan fingerprint density at radius 1 is 0.955 bits per heavy atom. The minimum atomic E-state index is -3.51. The van der Waals surface area contributed by atoms with Crippen molar-refractivity contribution in [1.29, 1.82) is 0 Å². The molecule has 0 radical (unpaired) electrons. The van der Waals surface area contributed by atoms with Crippen molar-refractivity contribution in [1.82, 2.24) is 0 Å². The second-order valence-electron chi connectivity index (χ2n) is 6.52. The summed E-state index contributed by atoms with van der Waals surface area (Å²) in [6.07, 6.45) is 3.32. The highest BCUT2D eigenvalue weighted by Crippen LogP contribution is 2.32. The number of anilines is 1. The van der Waals surface area contributed by atoms with Gasteiger partial charge in [0.05, 0.1) is 15.5 Å². The third-order valence-corrected chi connectivity index (χ3v) is 6.20. The van der Waals surface area contributed by atoms with Gasteiger partial charge >= 0.3 is 0 Å². The van der Waals surface area contributed by atoms with E-state index in [1.807, 2.05) is 0 Å². The lowest BCUT2D eigenvalue weighted by Crippen LogP contribution is -2.39. The molecule has 1 fully saturated rings. The molecule has 0 spiro atoms. The van der Waals surface area contributed by atoms with Crippen molar-refractivity contribution in [2.75, 3.05) is 30.5 Å². The van der Waals surface area contributed by atoms with Crippen molar-refractivity contribution < 1.29 is 16.8 Å². The van der Waals surface area contributed by atoms with Crippen LogP contribution in [0, 0.1) is 11.8 Å². The van der Waals surface area contributed by atoms with E-state index in [-0.39, 0.29) is 9.79 Å². The normalized spacial score (nSPS) is 23.5. The van der Waals surface area contributed by atoms with Gasteiger partial charge in [0.1, 0.15) is 0 Å². The molecule has 2 rings (SSSR count). The average molecular weight is 345 g/mol. The number of nitrogens with zero attached hydrogens (tertiary/aromatic N) is 1. The van der Waals surface area contributed by atoms with Crippen LogP contribution in [0.2, 0.25) is 0 Å². The Bertz CT molecular complexity index is 759. The highest BCUT2D eigenvalue weighted by atomic mass is 32.2. The first-order chi connectivity index (χ1) is 9.98. The fourth-order valence-corrected chi connectivity index (χ4v) is 4.78. The van der Waals surface area contributed by atoms with Crippen molar-refractivity contribution in [3.63, 3.8) is 0 Å². The molecule has 7 heteroatoms. The third-order valence-electron chi connectivity index (χ3n) is 3.97. The van der Waals surface area contributed by atoms with Gasteiger partial charge in [-0.15, -0.1) is 0 Å². The molecule has 1 saturated heterocycles. The summed E-state index contributed by atoms with van der Waals surface area (Å²) >= 11 is 0. The Kier molecular flexibility index (Phi) is 4.59. The highest BCUT2D eigenvalue weighted by molar-refractivity contribution is 7.91. The van der Waals surface area contributed by atoms with Crippen molar-refractivity contribution in [2.24, 2.45) is 11.8 Å². The van der Waals surface area contributed by atoms with Gasteiger partial charge in [0, 0.05) is 25.6 Å². The van der Waals surface area contributed by atoms with Crippen LogP contribution in [0.25, 0.3) is 0 Å². The number of sulfone groups is 2. The number of benzene rings is 1. The van der Waals surface area contributed by atoms with Crippen LogP contribution in [-0.4, -0.2) is 42.4 Å². The van der Waals surface area contributed by atoms with Crippen LogP contribution in [-0.2, 0) is 19.7 Å². The Labute approximate surface area is 133 Å². The summed E-state index contributed by atoms with van der Waals surface area (Å²) in [6, 6.07) is 4.39. The second kappa shape index (κ2) is 5.85. The van der Waals surface area contributed by atoms with Crippen LogP contribution in [0.5, 0.6) is 0 Å². The highest BCUT2D eigenvalue weighted by Gasteiger charge is 2.27. The fraction of sp³-hybridized carbons (Fsp3) is 0.600. The zero-order valence-corrected chi connectivity index (χ0v) is 15.0. The molecule has 0 saturated carbocycles. The maximum absolute atomic E-state index is 12.1. The van der Waals surface area contributed by atoms with Crippen molar-refractivity contribution in [2.45, 2.75) is 30.1 Å². The monoisotopic (exact) mass is 345 g/mol. The number of piperidine rings is 1. The zero-order chi connectivity index (χ0) is 16.7. The fourth-order valence-electron chi connectivity index (χ4n) is 3.14. The summed E-state index contributed by atoms with van der Waals surface area (Å²) in [6.45, 7) is 5.86. The molecule has 0 bridgehead atoms. The third kappa shape index (κ3) is 3.81. The molecule has 1 aliphatic rings. The molecule has 1 aliphatic heterocycles. The zero-order valence-electron chi connectivity index (χ0n) is 13.4. The molecular formula is C15H23NO4S2. The molecule has 1 heterocycles. The Hall–Kier alpha value is -1.08. The summed E-state index contributed by atoms with van der Waals surface area (Å²) in [7, 11) is -6.94. The van der Waals surface area contributed by atoms with Gasteiger partial charge in [0.2, 0.25) is 0 Å². The largest absolute Gasteiger partial charge is 0.370 e. The molecule has 124 valence electrons. The van der Waals surface area contributed by atoms with Gasteiger partial charge in [0.25, 0.3) is 0 Å². The van der Waals surface area contributed by atoms with Gasteiger partial charge in [-0.05, 0) is 36.5 Å². The van der Waals surface area contributed by atoms with E-state index >= 15 is 0 Å². The Balaban J connectivity index is 2.56. The summed E-state index contributed by atoms with van der Waals surface area (Å²) in [5.74, 6) is 0.955. The number of rotatable bonds is 3. The lowest BCUT2D eigenvalue weighted by atomic mass is 9.91. The van der Waals surface area contributed by atoms with E-state index in [2.05, 4.69) is 18.7 Å². The summed E-state index contributed by atoms with van der Waals surface area (Å²) < 4.78 is 47.6. The van der Waals surface area contributed by atoms with Crippen molar-refractivity contribution >= 4 is 25.4 Å². The van der Waals surface area contributed by atoms with E-state index < -0.39 is 19.7 Å². The molecular weight excluding hydrogens is 322 g/mol. The lowest BCUT2D eigenvalue weighted by molar-refractivity contribution is 0.356. The first-order valence-electron chi connectivity index (χ1n) is 7.27. The molecule has 2 atom stereocenters. The summed E-state index contributed by atoms with van der Waals surface area (Å²) in [5.41, 5.74) is 0.605. The van der Waals surface area contributed by atoms with Gasteiger partial charge in [-0.1, -0.05) is 13.8 Å². The first-order valence-corrected chi connectivity index (χ1v) is 11.1. The molecule has 2 unspecified atom stereocenters. The van der Waals surface area contributed by atoms with E-state index in [1.54, 1.807) is 6.07 Å². The lowest BCUT2D eigenvalue weighted by Gasteiger charge is -2.37. The molecule has 0 aromatic heterocycles. The van der Waals surface area contributed by atoms with Crippen LogP contribution >= 0.6 is 0 Å². The van der Waals surface area contributed by atoms with Crippen molar-refractivity contribution in [3.05, 3.63) is 18.2 Å². The van der Waals surface area contributed by atoms with Crippen LogP contribution in [0.15, 0.2) is 28.0 Å². The molecule has 0 amide bonds. The molecule has 22 heavy (non-hydrogen) atoms. The van der Waals surface area contributed by atoms with E-state index in [0.29, 0.717) is 17.5 Å². The van der Waals surface area contributed by atoms with Gasteiger partial charge in [0.15, 0.2) is 19.7 Å². The number of hydrogen-bond acceptors (Lipinski definition) is 5. The van der Waals surface area contributed by atoms with Gasteiger partial charge in [-0.3, -0.25) is 0 Å². The molecule has 1 aromatic carbocycles. The standard InChI is InChI=1S/C15H23NO4S2/c1-11-7-12(2)10-16(9-11)14-6-5-13(21(3,17)18)8-15(14)22(4,19)20/h5-6,8,11-12H,7,9-10H2,1-4H3. The Morgan fingerprint density at radius 3 is 1.95 bits per heavy atom. The number of hydrogen-bond donors (Lipinski definition) is 0. The maximum Gasteiger partial charge on any atom is 0.177 e. The Morgan fingerprint density at radius 2 is 1.50 bits per heavy atom.